The average molecular weight is 628 g/mol. The lowest BCUT2D eigenvalue weighted by Gasteiger charge is -2.22. The first kappa shape index (κ1) is 42.1. The molecule has 0 saturated carbocycles. The van der Waals surface area contributed by atoms with Crippen molar-refractivity contribution < 1.29 is 28.6 Å². The van der Waals surface area contributed by atoms with Crippen molar-refractivity contribution in [3.8, 4) is 0 Å². The zero-order chi connectivity index (χ0) is 32.4. The quantitative estimate of drug-likeness (QED) is 0.0436. The number of ether oxygens (including phenoxy) is 3. The molecule has 0 aliphatic rings. The van der Waals surface area contributed by atoms with E-state index in [2.05, 4.69) is 31.4 Å². The molecule has 0 aromatic rings. The van der Waals surface area contributed by atoms with E-state index in [1.807, 2.05) is 4.90 Å². The molecule has 260 valence electrons. The number of nitrogens with one attached hydrogen (secondary N) is 2. The van der Waals surface area contributed by atoms with E-state index >= 15 is 0 Å². The highest BCUT2D eigenvalue weighted by Gasteiger charge is 2.14. The number of nitrogens with zero attached hydrogens (tertiary/aromatic N) is 1. The van der Waals surface area contributed by atoms with Gasteiger partial charge in [-0.1, -0.05) is 111 Å². The molecule has 0 heterocycles. The largest absolute Gasteiger partial charge is 0.462 e. The first-order valence-corrected chi connectivity index (χ1v) is 18.2. The van der Waals surface area contributed by atoms with Gasteiger partial charge in [0, 0.05) is 45.6 Å². The van der Waals surface area contributed by atoms with Gasteiger partial charge in [-0.15, -0.1) is 0 Å². The Morgan fingerprint density at radius 3 is 1.39 bits per heavy atom. The molecule has 0 aromatic carbocycles. The van der Waals surface area contributed by atoms with Crippen LogP contribution in [0.15, 0.2) is 0 Å². The van der Waals surface area contributed by atoms with Crippen LogP contribution >= 0.6 is 0 Å². The molecular formula is C35H69N3O6. The lowest BCUT2D eigenvalue weighted by Crippen LogP contribution is -2.35. The minimum atomic E-state index is -0.220. The molecule has 0 rings (SSSR count). The van der Waals surface area contributed by atoms with Gasteiger partial charge in [0.05, 0.1) is 0 Å². The zero-order valence-electron chi connectivity index (χ0n) is 28.9. The van der Waals surface area contributed by atoms with Gasteiger partial charge in [-0.05, 0) is 32.2 Å². The smallest absolute Gasteiger partial charge is 0.409 e. The second kappa shape index (κ2) is 34.0. The predicted molar refractivity (Wildman–Crippen MR) is 180 cm³/mol. The maximum atomic E-state index is 12.7. The van der Waals surface area contributed by atoms with E-state index in [0.717, 1.165) is 110 Å². The Morgan fingerprint density at radius 1 is 0.477 bits per heavy atom. The number of rotatable bonds is 33. The summed E-state index contributed by atoms with van der Waals surface area (Å²) >= 11 is 0. The predicted octanol–water partition coefficient (Wildman–Crippen LogP) is 7.55. The average Bonchev–Trinajstić information content (AvgIpc) is 3.02. The highest BCUT2D eigenvalue weighted by molar-refractivity contribution is 5.70. The van der Waals surface area contributed by atoms with Crippen LogP contribution in [0, 0.1) is 0 Å². The van der Waals surface area contributed by atoms with E-state index in [9.17, 15) is 14.4 Å². The van der Waals surface area contributed by atoms with Gasteiger partial charge in [-0.2, -0.15) is 0 Å². The van der Waals surface area contributed by atoms with Crippen LogP contribution in [0.2, 0.25) is 0 Å². The Bertz CT molecular complexity index is 664. The first-order valence-electron chi connectivity index (χ1n) is 18.2. The summed E-state index contributed by atoms with van der Waals surface area (Å²) in [6.07, 6.45) is 20.6. The summed E-state index contributed by atoms with van der Waals surface area (Å²) in [4.78, 5) is 38.2. The normalized spacial score (nSPS) is 11.0. The van der Waals surface area contributed by atoms with Crippen LogP contribution in [0.4, 0.5) is 4.79 Å². The molecule has 0 bridgehead atoms. The SMILES string of the molecule is CCCCCCCCN(CCCCCCCCCC(=O)OCCOC(=O)CCCCCCC)C(=O)OCCNCCNCC. The summed E-state index contributed by atoms with van der Waals surface area (Å²) in [6.45, 7) is 12.1. The highest BCUT2D eigenvalue weighted by atomic mass is 16.6. The van der Waals surface area contributed by atoms with Gasteiger partial charge < -0.3 is 29.7 Å². The van der Waals surface area contributed by atoms with E-state index in [0.29, 0.717) is 26.0 Å². The monoisotopic (exact) mass is 628 g/mol. The molecule has 0 aromatic heterocycles. The minimum absolute atomic E-state index is 0.136. The molecule has 0 aliphatic carbocycles. The Kier molecular flexibility index (Phi) is 32.6. The Labute approximate surface area is 270 Å². The molecule has 9 nitrogen and oxygen atoms in total. The standard InChI is InChI=1S/C35H69N3O6/c1-4-7-9-11-17-21-28-38(35(41)44-30-27-37-26-25-36-6-3)29-22-18-14-12-13-16-20-24-34(40)43-32-31-42-33(39)23-19-15-10-8-5-2/h36-37H,4-32H2,1-3H3. The molecule has 0 atom stereocenters. The summed E-state index contributed by atoms with van der Waals surface area (Å²) in [5, 5.41) is 6.57. The number of carbonyl (C=O) groups is 3. The number of unbranched alkanes of at least 4 members (excludes halogenated alkanes) is 15. The molecule has 1 amide bonds. The fourth-order valence-corrected chi connectivity index (χ4v) is 4.94. The molecular weight excluding hydrogens is 558 g/mol. The van der Waals surface area contributed by atoms with E-state index < -0.39 is 0 Å². The van der Waals surface area contributed by atoms with Crippen molar-refractivity contribution in [1.29, 1.82) is 0 Å². The minimum Gasteiger partial charge on any atom is -0.462 e. The molecule has 44 heavy (non-hydrogen) atoms. The van der Waals surface area contributed by atoms with Crippen LogP contribution in [0.5, 0.6) is 0 Å². The fraction of sp³-hybridized carbons (Fsp3) is 0.914. The van der Waals surface area contributed by atoms with E-state index in [-0.39, 0.29) is 31.2 Å². The lowest BCUT2D eigenvalue weighted by molar-refractivity contribution is -0.152. The van der Waals surface area contributed by atoms with Crippen LogP contribution in [0.1, 0.15) is 149 Å². The van der Waals surface area contributed by atoms with Crippen molar-refractivity contribution in [3.63, 3.8) is 0 Å². The number of amides is 1. The molecule has 0 unspecified atom stereocenters. The Balaban J connectivity index is 3.91. The maximum absolute atomic E-state index is 12.7. The fourth-order valence-electron chi connectivity index (χ4n) is 4.94. The van der Waals surface area contributed by atoms with Gasteiger partial charge in [0.25, 0.3) is 0 Å². The van der Waals surface area contributed by atoms with Crippen LogP contribution in [-0.4, -0.2) is 82.0 Å². The summed E-state index contributed by atoms with van der Waals surface area (Å²) in [5.41, 5.74) is 0. The van der Waals surface area contributed by atoms with Crippen molar-refractivity contribution in [2.45, 2.75) is 149 Å². The Hall–Kier alpha value is -1.87. The van der Waals surface area contributed by atoms with Crippen LogP contribution in [0.25, 0.3) is 0 Å². The second-order valence-corrected chi connectivity index (χ2v) is 11.8. The van der Waals surface area contributed by atoms with E-state index in [1.54, 1.807) is 0 Å². The summed E-state index contributed by atoms with van der Waals surface area (Å²) < 4.78 is 15.9. The van der Waals surface area contributed by atoms with E-state index in [4.69, 9.17) is 14.2 Å². The van der Waals surface area contributed by atoms with Crippen molar-refractivity contribution in [2.75, 3.05) is 59.1 Å². The second-order valence-electron chi connectivity index (χ2n) is 11.8. The number of hydrogen-bond donors (Lipinski definition) is 2. The third kappa shape index (κ3) is 30.2. The first-order chi connectivity index (χ1) is 21.5. The van der Waals surface area contributed by atoms with Crippen molar-refractivity contribution in [2.24, 2.45) is 0 Å². The molecule has 0 aliphatic heterocycles. The van der Waals surface area contributed by atoms with Gasteiger partial charge in [-0.3, -0.25) is 9.59 Å². The highest BCUT2D eigenvalue weighted by Crippen LogP contribution is 2.12. The van der Waals surface area contributed by atoms with Crippen molar-refractivity contribution in [1.82, 2.24) is 15.5 Å². The number of esters is 2. The zero-order valence-corrected chi connectivity index (χ0v) is 28.9. The van der Waals surface area contributed by atoms with Crippen molar-refractivity contribution in [3.05, 3.63) is 0 Å². The third-order valence-electron chi connectivity index (χ3n) is 7.68. The molecule has 2 N–H and O–H groups in total. The van der Waals surface area contributed by atoms with Crippen molar-refractivity contribution >= 4 is 18.0 Å². The molecule has 0 radical (unpaired) electrons. The number of hydrogen-bond acceptors (Lipinski definition) is 8. The van der Waals surface area contributed by atoms with E-state index in [1.165, 1.54) is 38.5 Å². The van der Waals surface area contributed by atoms with Crippen LogP contribution in [0.3, 0.4) is 0 Å². The molecule has 9 heteroatoms. The maximum Gasteiger partial charge on any atom is 0.409 e. The summed E-state index contributed by atoms with van der Waals surface area (Å²) in [5.74, 6) is -0.426. The number of likely N-dealkylation sites (N-methyl/N-ethyl adjacent to an activating group) is 1. The molecule has 0 spiro atoms. The third-order valence-corrected chi connectivity index (χ3v) is 7.68. The van der Waals surface area contributed by atoms with Crippen LogP contribution < -0.4 is 10.6 Å². The molecule has 0 saturated heterocycles. The lowest BCUT2D eigenvalue weighted by atomic mass is 10.1. The van der Waals surface area contributed by atoms with Gasteiger partial charge in [0.15, 0.2) is 0 Å². The van der Waals surface area contributed by atoms with Crippen LogP contribution in [-0.2, 0) is 23.8 Å². The van der Waals surface area contributed by atoms with Gasteiger partial charge >= 0.3 is 18.0 Å². The summed E-state index contributed by atoms with van der Waals surface area (Å²) in [6, 6.07) is 0. The van der Waals surface area contributed by atoms with Gasteiger partial charge in [-0.25, -0.2) is 4.79 Å². The van der Waals surface area contributed by atoms with Gasteiger partial charge in [0.1, 0.15) is 19.8 Å². The topological polar surface area (TPSA) is 106 Å². The Morgan fingerprint density at radius 2 is 0.909 bits per heavy atom. The number of carbonyl (C=O) groups excluding carboxylic acids is 3. The summed E-state index contributed by atoms with van der Waals surface area (Å²) in [7, 11) is 0. The molecule has 0 fully saturated rings. The van der Waals surface area contributed by atoms with Gasteiger partial charge in [0.2, 0.25) is 0 Å².